The van der Waals surface area contributed by atoms with E-state index < -0.39 is 0 Å². The van der Waals surface area contributed by atoms with Gasteiger partial charge in [0.25, 0.3) is 0 Å². The van der Waals surface area contributed by atoms with Crippen molar-refractivity contribution in [1.29, 1.82) is 0 Å². The number of likely N-dealkylation sites (tertiary alicyclic amines) is 1. The van der Waals surface area contributed by atoms with Crippen molar-refractivity contribution in [2.45, 2.75) is 90.8 Å². The molecule has 0 amide bonds. The molecule has 18 heavy (non-hydrogen) atoms. The number of hydrogen-bond donors (Lipinski definition) is 1. The van der Waals surface area contributed by atoms with Gasteiger partial charge < -0.3 is 5.73 Å². The maximum absolute atomic E-state index is 6.23. The molecule has 1 rings (SSSR count). The third-order valence-corrected chi connectivity index (χ3v) is 4.61. The molecule has 0 aromatic rings. The monoisotopic (exact) mass is 254 g/mol. The number of nitrogens with two attached hydrogens (primary N) is 1. The lowest BCUT2D eigenvalue weighted by molar-refractivity contribution is -0.0376. The fourth-order valence-electron chi connectivity index (χ4n) is 3.99. The SMILES string of the molecule is CCCC(C)CCN1C(C)(C)CC(N)CC1(C)C. The van der Waals surface area contributed by atoms with Crippen molar-refractivity contribution < 1.29 is 0 Å². The summed E-state index contributed by atoms with van der Waals surface area (Å²) in [6, 6.07) is 0.360. The second-order valence-electron chi connectivity index (χ2n) is 7.63. The summed E-state index contributed by atoms with van der Waals surface area (Å²) in [4.78, 5) is 2.70. The van der Waals surface area contributed by atoms with Gasteiger partial charge in [-0.05, 0) is 59.4 Å². The Bertz CT molecular complexity index is 240. The minimum atomic E-state index is 0.243. The summed E-state index contributed by atoms with van der Waals surface area (Å²) in [5.41, 5.74) is 6.71. The lowest BCUT2D eigenvalue weighted by Crippen LogP contribution is -2.63. The molecule has 2 heteroatoms. The highest BCUT2D eigenvalue weighted by Crippen LogP contribution is 2.38. The van der Waals surface area contributed by atoms with E-state index in [0.717, 1.165) is 18.8 Å². The van der Waals surface area contributed by atoms with Gasteiger partial charge in [-0.3, -0.25) is 4.90 Å². The van der Waals surface area contributed by atoms with Crippen molar-refractivity contribution in [3.8, 4) is 0 Å². The van der Waals surface area contributed by atoms with Gasteiger partial charge in [0.2, 0.25) is 0 Å². The van der Waals surface area contributed by atoms with Crippen LogP contribution in [0.1, 0.15) is 73.6 Å². The van der Waals surface area contributed by atoms with Gasteiger partial charge in [0.1, 0.15) is 0 Å². The molecule has 0 aromatic heterocycles. The van der Waals surface area contributed by atoms with Crippen LogP contribution in [0.2, 0.25) is 0 Å². The lowest BCUT2D eigenvalue weighted by atomic mass is 9.77. The number of nitrogens with zero attached hydrogens (tertiary/aromatic N) is 1. The van der Waals surface area contributed by atoms with Crippen molar-refractivity contribution in [3.05, 3.63) is 0 Å². The van der Waals surface area contributed by atoms with Crippen LogP contribution in [0.25, 0.3) is 0 Å². The zero-order valence-electron chi connectivity index (χ0n) is 13.4. The summed E-state index contributed by atoms with van der Waals surface area (Å²) < 4.78 is 0. The largest absolute Gasteiger partial charge is 0.328 e. The number of piperidine rings is 1. The predicted molar refractivity (Wildman–Crippen MR) is 80.8 cm³/mol. The Morgan fingerprint density at radius 1 is 1.11 bits per heavy atom. The predicted octanol–water partition coefficient (Wildman–Crippen LogP) is 3.79. The van der Waals surface area contributed by atoms with Gasteiger partial charge in [-0.2, -0.15) is 0 Å². The third kappa shape index (κ3) is 3.96. The van der Waals surface area contributed by atoms with Crippen LogP contribution in [0.4, 0.5) is 0 Å². The van der Waals surface area contributed by atoms with Crippen LogP contribution < -0.4 is 5.73 Å². The Labute approximate surface area is 114 Å². The third-order valence-electron chi connectivity index (χ3n) is 4.61. The average molecular weight is 254 g/mol. The van der Waals surface area contributed by atoms with Crippen LogP contribution in [0.5, 0.6) is 0 Å². The van der Waals surface area contributed by atoms with Crippen LogP contribution >= 0.6 is 0 Å². The Balaban J connectivity index is 2.65. The van der Waals surface area contributed by atoms with E-state index in [9.17, 15) is 0 Å². The summed E-state index contributed by atoms with van der Waals surface area (Å²) >= 11 is 0. The minimum Gasteiger partial charge on any atom is -0.328 e. The minimum absolute atomic E-state index is 0.243. The fraction of sp³-hybridized carbons (Fsp3) is 1.00. The zero-order valence-corrected chi connectivity index (χ0v) is 13.4. The van der Waals surface area contributed by atoms with E-state index in [1.165, 1.54) is 25.8 Å². The summed E-state index contributed by atoms with van der Waals surface area (Å²) in [5.74, 6) is 0.845. The molecule has 2 N–H and O–H groups in total. The Morgan fingerprint density at radius 3 is 2.06 bits per heavy atom. The number of rotatable bonds is 5. The summed E-state index contributed by atoms with van der Waals surface area (Å²) in [5, 5.41) is 0. The second kappa shape index (κ2) is 5.92. The Hall–Kier alpha value is -0.0800. The van der Waals surface area contributed by atoms with Gasteiger partial charge in [0.15, 0.2) is 0 Å². The van der Waals surface area contributed by atoms with E-state index in [4.69, 9.17) is 5.73 Å². The van der Waals surface area contributed by atoms with Gasteiger partial charge in [0.05, 0.1) is 0 Å². The molecule has 0 radical (unpaired) electrons. The normalized spacial score (nSPS) is 26.2. The van der Waals surface area contributed by atoms with Gasteiger partial charge in [0, 0.05) is 17.1 Å². The molecular weight excluding hydrogens is 220 g/mol. The maximum Gasteiger partial charge on any atom is 0.0173 e. The van der Waals surface area contributed by atoms with Crippen molar-refractivity contribution in [3.63, 3.8) is 0 Å². The first-order valence-corrected chi connectivity index (χ1v) is 7.72. The van der Waals surface area contributed by atoms with Crippen molar-refractivity contribution in [2.75, 3.05) is 6.54 Å². The molecular formula is C16H34N2. The molecule has 0 aliphatic carbocycles. The van der Waals surface area contributed by atoms with Gasteiger partial charge in [-0.1, -0.05) is 26.7 Å². The van der Waals surface area contributed by atoms with E-state index in [1.54, 1.807) is 0 Å². The molecule has 1 fully saturated rings. The molecule has 0 spiro atoms. The van der Waals surface area contributed by atoms with Gasteiger partial charge in [-0.15, -0.1) is 0 Å². The van der Waals surface area contributed by atoms with Crippen LogP contribution in [-0.2, 0) is 0 Å². The van der Waals surface area contributed by atoms with Crippen molar-refractivity contribution in [1.82, 2.24) is 4.90 Å². The van der Waals surface area contributed by atoms with E-state index in [2.05, 4.69) is 46.4 Å². The molecule has 1 aliphatic rings. The second-order valence-corrected chi connectivity index (χ2v) is 7.63. The molecule has 0 saturated carbocycles. The van der Waals surface area contributed by atoms with Crippen molar-refractivity contribution in [2.24, 2.45) is 11.7 Å². The standard InChI is InChI=1S/C16H34N2/c1-7-8-13(2)9-10-18-15(3,4)11-14(17)12-16(18,5)6/h13-14H,7-12,17H2,1-6H3. The molecule has 0 aromatic carbocycles. The first-order chi connectivity index (χ1) is 8.19. The van der Waals surface area contributed by atoms with Crippen LogP contribution in [0.3, 0.4) is 0 Å². The number of hydrogen-bond acceptors (Lipinski definition) is 2. The molecule has 2 nitrogen and oxygen atoms in total. The van der Waals surface area contributed by atoms with E-state index in [-0.39, 0.29) is 11.1 Å². The highest BCUT2D eigenvalue weighted by Gasteiger charge is 2.43. The average Bonchev–Trinajstić information content (AvgIpc) is 2.12. The Kier molecular flexibility index (Phi) is 5.25. The zero-order chi connectivity index (χ0) is 14.0. The first-order valence-electron chi connectivity index (χ1n) is 7.72. The summed E-state index contributed by atoms with van der Waals surface area (Å²) in [6.07, 6.45) is 6.22. The van der Waals surface area contributed by atoms with Crippen LogP contribution in [0, 0.1) is 5.92 Å². The topological polar surface area (TPSA) is 29.3 Å². The van der Waals surface area contributed by atoms with E-state index >= 15 is 0 Å². The maximum atomic E-state index is 6.23. The summed E-state index contributed by atoms with van der Waals surface area (Å²) in [7, 11) is 0. The highest BCUT2D eigenvalue weighted by atomic mass is 15.3. The lowest BCUT2D eigenvalue weighted by Gasteiger charge is -2.55. The summed E-state index contributed by atoms with van der Waals surface area (Å²) in [6.45, 7) is 15.3. The molecule has 1 heterocycles. The van der Waals surface area contributed by atoms with Crippen LogP contribution in [0.15, 0.2) is 0 Å². The van der Waals surface area contributed by atoms with Crippen molar-refractivity contribution >= 4 is 0 Å². The quantitative estimate of drug-likeness (QED) is 0.808. The van der Waals surface area contributed by atoms with Gasteiger partial charge in [-0.25, -0.2) is 0 Å². The van der Waals surface area contributed by atoms with Crippen LogP contribution in [-0.4, -0.2) is 28.6 Å². The molecule has 1 aliphatic heterocycles. The van der Waals surface area contributed by atoms with E-state index in [1.807, 2.05) is 0 Å². The Morgan fingerprint density at radius 2 is 1.61 bits per heavy atom. The smallest absolute Gasteiger partial charge is 0.0173 e. The molecule has 1 unspecified atom stereocenters. The fourth-order valence-corrected chi connectivity index (χ4v) is 3.99. The first kappa shape index (κ1) is 16.0. The van der Waals surface area contributed by atoms with E-state index in [0.29, 0.717) is 6.04 Å². The molecule has 108 valence electrons. The van der Waals surface area contributed by atoms with Gasteiger partial charge >= 0.3 is 0 Å². The highest BCUT2D eigenvalue weighted by molar-refractivity contribution is 5.01. The molecule has 1 saturated heterocycles. The molecule has 0 bridgehead atoms. The molecule has 1 atom stereocenters.